The van der Waals surface area contributed by atoms with Gasteiger partial charge in [-0.15, -0.1) is 0 Å². The maximum atomic E-state index is 10.4. The van der Waals surface area contributed by atoms with Gasteiger partial charge < -0.3 is 9.84 Å². The molecule has 0 aromatic carbocycles. The molecule has 4 unspecified atom stereocenters. The van der Waals surface area contributed by atoms with Crippen LogP contribution in [0.2, 0.25) is 0 Å². The van der Waals surface area contributed by atoms with E-state index < -0.39 is 5.79 Å². The predicted molar refractivity (Wildman–Crippen MR) is 46.6 cm³/mol. The molecule has 3 fully saturated rings. The highest BCUT2D eigenvalue weighted by Crippen LogP contribution is 2.61. The summed E-state index contributed by atoms with van der Waals surface area (Å²) in [7, 11) is 0. The fourth-order valence-corrected chi connectivity index (χ4v) is 3.76. The van der Waals surface area contributed by atoms with Crippen molar-refractivity contribution in [3.8, 4) is 0 Å². The fraction of sp³-hybridized carbons (Fsp3) is 0.636. The van der Waals surface area contributed by atoms with E-state index in [1.165, 1.54) is 0 Å². The van der Waals surface area contributed by atoms with Gasteiger partial charge in [0.15, 0.2) is 5.79 Å². The Morgan fingerprint density at radius 3 is 2.31 bits per heavy atom. The van der Waals surface area contributed by atoms with E-state index in [0.29, 0.717) is 17.8 Å². The van der Waals surface area contributed by atoms with E-state index in [1.54, 1.807) is 0 Å². The molecule has 2 aliphatic heterocycles. The molecule has 0 aromatic rings. The van der Waals surface area contributed by atoms with Gasteiger partial charge in [-0.05, 0) is 17.8 Å². The van der Waals surface area contributed by atoms with Crippen LogP contribution in [0.25, 0.3) is 0 Å². The van der Waals surface area contributed by atoms with Crippen molar-refractivity contribution in [1.29, 1.82) is 0 Å². The van der Waals surface area contributed by atoms with Crippen molar-refractivity contribution in [2.45, 2.75) is 5.79 Å². The summed E-state index contributed by atoms with van der Waals surface area (Å²) < 4.78 is 5.59. The van der Waals surface area contributed by atoms with Crippen molar-refractivity contribution >= 4 is 0 Å². The summed E-state index contributed by atoms with van der Waals surface area (Å²) >= 11 is 0. The zero-order valence-corrected chi connectivity index (χ0v) is 7.26. The van der Waals surface area contributed by atoms with Crippen LogP contribution in [-0.4, -0.2) is 17.5 Å². The summed E-state index contributed by atoms with van der Waals surface area (Å²) in [6.45, 7) is 0.744. The van der Waals surface area contributed by atoms with Crippen LogP contribution in [0, 0.1) is 29.6 Å². The molecule has 1 saturated carbocycles. The first-order valence-electron chi connectivity index (χ1n) is 5.04. The zero-order chi connectivity index (χ0) is 8.63. The Morgan fingerprint density at radius 2 is 1.69 bits per heavy atom. The Bertz CT molecular complexity index is 307. The molecule has 13 heavy (non-hydrogen) atoms. The highest BCUT2D eigenvalue weighted by atomic mass is 16.6. The molecule has 2 saturated heterocycles. The average molecular weight is 176 g/mol. The van der Waals surface area contributed by atoms with E-state index in [4.69, 9.17) is 4.74 Å². The van der Waals surface area contributed by atoms with E-state index in [1.807, 2.05) is 0 Å². The van der Waals surface area contributed by atoms with Crippen LogP contribution < -0.4 is 0 Å². The molecule has 68 valence electrons. The van der Waals surface area contributed by atoms with Crippen molar-refractivity contribution in [2.75, 3.05) is 6.61 Å². The lowest BCUT2D eigenvalue weighted by molar-refractivity contribution is -0.320. The maximum absolute atomic E-state index is 10.4. The maximum Gasteiger partial charge on any atom is 0.179 e. The lowest BCUT2D eigenvalue weighted by Crippen LogP contribution is -2.60. The summed E-state index contributed by atoms with van der Waals surface area (Å²) in [6, 6.07) is 0. The van der Waals surface area contributed by atoms with Crippen LogP contribution in [0.3, 0.4) is 0 Å². The first kappa shape index (κ1) is 6.80. The van der Waals surface area contributed by atoms with Crippen molar-refractivity contribution in [1.82, 2.24) is 0 Å². The standard InChI is InChI=1S/C11H12O2/c12-11-9-3-4-10(11)7-2-1-6(9)8(7)5-13-11/h1-4,6-10,12H,5H2. The Hall–Kier alpha value is -0.600. The monoisotopic (exact) mass is 176 g/mol. The number of ether oxygens (including phenoxy) is 1. The molecular formula is C11H12O2. The third kappa shape index (κ3) is 0.535. The third-order valence-corrected chi connectivity index (χ3v) is 4.36. The number of allylic oxidation sites excluding steroid dienone is 2. The van der Waals surface area contributed by atoms with E-state index in [-0.39, 0.29) is 11.8 Å². The van der Waals surface area contributed by atoms with Crippen LogP contribution in [0.4, 0.5) is 0 Å². The topological polar surface area (TPSA) is 29.5 Å². The second kappa shape index (κ2) is 1.77. The molecule has 1 N–H and O–H groups in total. The zero-order valence-electron chi connectivity index (χ0n) is 7.26. The summed E-state index contributed by atoms with van der Waals surface area (Å²) in [6.07, 6.45) is 8.89. The highest BCUT2D eigenvalue weighted by Gasteiger charge is 2.64. The van der Waals surface area contributed by atoms with E-state index >= 15 is 0 Å². The van der Waals surface area contributed by atoms with Crippen LogP contribution in [0.5, 0.6) is 0 Å². The minimum absolute atomic E-state index is 0.228. The quantitative estimate of drug-likeness (QED) is 0.556. The minimum Gasteiger partial charge on any atom is -0.364 e. The van der Waals surface area contributed by atoms with Gasteiger partial charge in [-0.1, -0.05) is 24.3 Å². The van der Waals surface area contributed by atoms with Gasteiger partial charge in [-0.25, -0.2) is 0 Å². The molecule has 0 aromatic heterocycles. The van der Waals surface area contributed by atoms with Gasteiger partial charge in [0.25, 0.3) is 0 Å². The molecule has 0 spiro atoms. The molecule has 0 amide bonds. The highest BCUT2D eigenvalue weighted by molar-refractivity contribution is 5.31. The first-order chi connectivity index (χ1) is 6.31. The molecule has 6 bridgehead atoms. The first-order valence-corrected chi connectivity index (χ1v) is 5.04. The Labute approximate surface area is 76.9 Å². The smallest absolute Gasteiger partial charge is 0.179 e. The van der Waals surface area contributed by atoms with Crippen LogP contribution >= 0.6 is 0 Å². The lowest BCUT2D eigenvalue weighted by atomic mass is 9.64. The van der Waals surface area contributed by atoms with Crippen LogP contribution in [0.15, 0.2) is 24.3 Å². The van der Waals surface area contributed by atoms with Crippen molar-refractivity contribution in [3.05, 3.63) is 24.3 Å². The Morgan fingerprint density at radius 1 is 1.08 bits per heavy atom. The molecule has 4 atom stereocenters. The number of aliphatic hydroxyl groups is 1. The average Bonchev–Trinajstić information content (AvgIpc) is 2.54. The molecule has 2 heteroatoms. The largest absolute Gasteiger partial charge is 0.364 e. The van der Waals surface area contributed by atoms with Crippen molar-refractivity contribution < 1.29 is 9.84 Å². The van der Waals surface area contributed by atoms with Gasteiger partial charge in [-0.3, -0.25) is 0 Å². The lowest BCUT2D eigenvalue weighted by Gasteiger charge is -2.53. The number of hydrogen-bond acceptors (Lipinski definition) is 2. The summed E-state index contributed by atoms with van der Waals surface area (Å²) in [4.78, 5) is 0. The molecule has 5 rings (SSSR count). The minimum atomic E-state index is -0.854. The van der Waals surface area contributed by atoms with E-state index in [9.17, 15) is 5.11 Å². The van der Waals surface area contributed by atoms with Crippen molar-refractivity contribution in [3.63, 3.8) is 0 Å². The molecule has 5 aliphatic rings. The Kier molecular flexibility index (Phi) is 0.925. The van der Waals surface area contributed by atoms with Gasteiger partial charge in [0, 0.05) is 11.8 Å². The predicted octanol–water partition coefficient (Wildman–Crippen LogP) is 0.939. The molecule has 2 heterocycles. The van der Waals surface area contributed by atoms with Gasteiger partial charge in [0.2, 0.25) is 0 Å². The van der Waals surface area contributed by atoms with E-state index in [0.717, 1.165) is 6.61 Å². The third-order valence-electron chi connectivity index (χ3n) is 4.36. The van der Waals surface area contributed by atoms with Gasteiger partial charge >= 0.3 is 0 Å². The second-order valence-electron chi connectivity index (χ2n) is 4.70. The number of hydrogen-bond donors (Lipinski definition) is 1. The van der Waals surface area contributed by atoms with Crippen molar-refractivity contribution in [2.24, 2.45) is 29.6 Å². The molecule has 0 radical (unpaired) electrons. The number of rotatable bonds is 0. The summed E-state index contributed by atoms with van der Waals surface area (Å²) in [5.41, 5.74) is 0. The summed E-state index contributed by atoms with van der Waals surface area (Å²) in [5, 5.41) is 10.4. The second-order valence-corrected chi connectivity index (χ2v) is 4.70. The van der Waals surface area contributed by atoms with Gasteiger partial charge in [0.1, 0.15) is 0 Å². The van der Waals surface area contributed by atoms with Crippen LogP contribution in [0.1, 0.15) is 0 Å². The molecule has 3 aliphatic carbocycles. The fourth-order valence-electron chi connectivity index (χ4n) is 3.76. The number of fused-ring (bicyclic) bond motifs is 1. The normalized spacial score (nSPS) is 65.2. The molecule has 2 nitrogen and oxygen atoms in total. The van der Waals surface area contributed by atoms with Gasteiger partial charge in [-0.2, -0.15) is 0 Å². The SMILES string of the molecule is OC12OCC3C4C=CC3C1C=CC42. The van der Waals surface area contributed by atoms with E-state index in [2.05, 4.69) is 24.3 Å². The summed E-state index contributed by atoms with van der Waals surface area (Å²) in [5.74, 6) is 1.32. The molecular weight excluding hydrogens is 164 g/mol. The van der Waals surface area contributed by atoms with Crippen LogP contribution in [-0.2, 0) is 4.74 Å². The Balaban J connectivity index is 1.96. The van der Waals surface area contributed by atoms with Gasteiger partial charge in [0.05, 0.1) is 6.61 Å².